The van der Waals surface area contributed by atoms with Crippen LogP contribution in [0.1, 0.15) is 11.3 Å². The molecule has 2 aromatic carbocycles. The Morgan fingerprint density at radius 2 is 1.91 bits per heavy atom. The third kappa shape index (κ3) is 2.49. The molecular formula is C16H14ClFN4. The van der Waals surface area contributed by atoms with Gasteiger partial charge >= 0.3 is 0 Å². The average molecular weight is 317 g/mol. The summed E-state index contributed by atoms with van der Waals surface area (Å²) in [5.41, 5.74) is 9.65. The lowest BCUT2D eigenvalue weighted by molar-refractivity contribution is 0.628. The number of benzene rings is 2. The second-order valence-electron chi connectivity index (χ2n) is 4.89. The van der Waals surface area contributed by atoms with Gasteiger partial charge in [-0.05, 0) is 48.9 Å². The van der Waals surface area contributed by atoms with Gasteiger partial charge in [-0.2, -0.15) is 0 Å². The molecule has 0 radical (unpaired) electrons. The van der Waals surface area contributed by atoms with Crippen LogP contribution in [0.25, 0.3) is 16.9 Å². The monoisotopic (exact) mass is 316 g/mol. The van der Waals surface area contributed by atoms with E-state index in [1.807, 2.05) is 25.1 Å². The fourth-order valence-corrected chi connectivity index (χ4v) is 2.51. The summed E-state index contributed by atoms with van der Waals surface area (Å²) in [7, 11) is 0. The van der Waals surface area contributed by atoms with Gasteiger partial charge in [-0.15, -0.1) is 5.10 Å². The van der Waals surface area contributed by atoms with Crippen molar-refractivity contribution in [3.05, 3.63) is 64.6 Å². The zero-order valence-electron chi connectivity index (χ0n) is 11.9. The Kier molecular flexibility index (Phi) is 3.92. The van der Waals surface area contributed by atoms with E-state index >= 15 is 0 Å². The summed E-state index contributed by atoms with van der Waals surface area (Å²) in [6, 6.07) is 11.7. The second kappa shape index (κ2) is 5.87. The first-order chi connectivity index (χ1) is 10.6. The van der Waals surface area contributed by atoms with Gasteiger partial charge in [0.15, 0.2) is 0 Å². The Labute approximate surface area is 132 Å². The lowest BCUT2D eigenvalue weighted by Gasteiger charge is -2.11. The summed E-state index contributed by atoms with van der Waals surface area (Å²) in [5.74, 6) is -0.295. The second-order valence-corrected chi connectivity index (χ2v) is 5.30. The Morgan fingerprint density at radius 3 is 2.59 bits per heavy atom. The Bertz CT molecular complexity index is 812. The van der Waals surface area contributed by atoms with Gasteiger partial charge in [-0.25, -0.2) is 9.07 Å². The molecule has 0 saturated heterocycles. The lowest BCUT2D eigenvalue weighted by atomic mass is 10.1. The lowest BCUT2D eigenvalue weighted by Crippen LogP contribution is -2.04. The Balaban J connectivity index is 2.23. The predicted octanol–water partition coefficient (Wildman–Crippen LogP) is 3.49. The molecule has 6 heteroatoms. The normalized spacial score (nSPS) is 10.9. The topological polar surface area (TPSA) is 56.7 Å². The molecule has 3 aromatic rings. The van der Waals surface area contributed by atoms with Crippen LogP contribution in [0.5, 0.6) is 0 Å². The molecule has 1 heterocycles. The highest BCUT2D eigenvalue weighted by molar-refractivity contribution is 6.31. The van der Waals surface area contributed by atoms with E-state index in [2.05, 4.69) is 10.3 Å². The van der Waals surface area contributed by atoms with Crippen LogP contribution in [0.15, 0.2) is 42.5 Å². The van der Waals surface area contributed by atoms with Crippen molar-refractivity contribution >= 4 is 11.6 Å². The summed E-state index contributed by atoms with van der Waals surface area (Å²) < 4.78 is 14.9. The van der Waals surface area contributed by atoms with Crippen molar-refractivity contribution in [1.82, 2.24) is 15.0 Å². The summed E-state index contributed by atoms with van der Waals surface area (Å²) >= 11 is 6.19. The molecule has 22 heavy (non-hydrogen) atoms. The molecule has 0 amide bonds. The highest BCUT2D eigenvalue weighted by Crippen LogP contribution is 2.29. The van der Waals surface area contributed by atoms with Gasteiger partial charge < -0.3 is 5.73 Å². The number of nitrogens with zero attached hydrogens (tertiary/aromatic N) is 3. The van der Waals surface area contributed by atoms with Crippen molar-refractivity contribution in [3.63, 3.8) is 0 Å². The summed E-state index contributed by atoms with van der Waals surface area (Å²) in [4.78, 5) is 0. The van der Waals surface area contributed by atoms with Gasteiger partial charge in [0, 0.05) is 17.1 Å². The average Bonchev–Trinajstić information content (AvgIpc) is 2.94. The Hall–Kier alpha value is -2.24. The highest BCUT2D eigenvalue weighted by atomic mass is 35.5. The number of halogens is 2. The van der Waals surface area contributed by atoms with Gasteiger partial charge in [0.25, 0.3) is 0 Å². The van der Waals surface area contributed by atoms with E-state index in [9.17, 15) is 4.39 Å². The quantitative estimate of drug-likeness (QED) is 0.804. The van der Waals surface area contributed by atoms with Gasteiger partial charge in [-0.1, -0.05) is 22.9 Å². The van der Waals surface area contributed by atoms with Crippen molar-refractivity contribution in [2.45, 2.75) is 13.5 Å². The van der Waals surface area contributed by atoms with Crippen molar-refractivity contribution in [2.75, 3.05) is 0 Å². The molecule has 0 fully saturated rings. The summed E-state index contributed by atoms with van der Waals surface area (Å²) in [6.07, 6.45) is 0. The van der Waals surface area contributed by atoms with Crippen molar-refractivity contribution in [3.8, 4) is 16.9 Å². The molecule has 4 nitrogen and oxygen atoms in total. The third-order valence-electron chi connectivity index (χ3n) is 3.52. The standard InChI is InChI=1S/C16H14ClFN4/c1-10-13(17)3-2-4-15(10)22-16(14(9-19)20-21-22)11-5-7-12(18)8-6-11/h2-8H,9,19H2,1H3. The first kappa shape index (κ1) is 14.7. The molecule has 3 rings (SSSR count). The Morgan fingerprint density at radius 1 is 1.18 bits per heavy atom. The summed E-state index contributed by atoms with van der Waals surface area (Å²) in [6.45, 7) is 2.15. The fourth-order valence-electron chi connectivity index (χ4n) is 2.34. The molecule has 1 aromatic heterocycles. The maximum Gasteiger partial charge on any atom is 0.123 e. The van der Waals surface area contributed by atoms with E-state index in [0.717, 1.165) is 22.5 Å². The maximum absolute atomic E-state index is 13.2. The van der Waals surface area contributed by atoms with Crippen LogP contribution in [0.3, 0.4) is 0 Å². The third-order valence-corrected chi connectivity index (χ3v) is 3.93. The van der Waals surface area contributed by atoms with Gasteiger partial charge in [0.05, 0.1) is 11.4 Å². The van der Waals surface area contributed by atoms with E-state index < -0.39 is 0 Å². The molecule has 0 aliphatic heterocycles. The number of aromatic nitrogens is 3. The number of hydrogen-bond donors (Lipinski definition) is 1. The van der Waals surface area contributed by atoms with E-state index in [-0.39, 0.29) is 12.4 Å². The van der Waals surface area contributed by atoms with Crippen LogP contribution in [-0.2, 0) is 6.54 Å². The van der Waals surface area contributed by atoms with Gasteiger partial charge in [0.1, 0.15) is 11.5 Å². The van der Waals surface area contributed by atoms with Crippen molar-refractivity contribution < 1.29 is 4.39 Å². The van der Waals surface area contributed by atoms with E-state index in [1.54, 1.807) is 16.8 Å². The smallest absolute Gasteiger partial charge is 0.123 e. The highest BCUT2D eigenvalue weighted by Gasteiger charge is 2.17. The first-order valence-electron chi connectivity index (χ1n) is 6.78. The van der Waals surface area contributed by atoms with E-state index in [4.69, 9.17) is 17.3 Å². The van der Waals surface area contributed by atoms with Crippen LogP contribution in [0.4, 0.5) is 4.39 Å². The zero-order chi connectivity index (χ0) is 15.7. The molecule has 112 valence electrons. The van der Waals surface area contributed by atoms with E-state index in [1.165, 1.54) is 12.1 Å². The minimum absolute atomic E-state index is 0.242. The SMILES string of the molecule is Cc1c(Cl)cccc1-n1nnc(CN)c1-c1ccc(F)cc1. The molecule has 0 spiro atoms. The predicted molar refractivity (Wildman–Crippen MR) is 84.4 cm³/mol. The summed E-state index contributed by atoms with van der Waals surface area (Å²) in [5, 5.41) is 8.97. The molecule has 0 saturated carbocycles. The minimum Gasteiger partial charge on any atom is -0.325 e. The van der Waals surface area contributed by atoms with Crippen molar-refractivity contribution in [1.29, 1.82) is 0 Å². The minimum atomic E-state index is -0.295. The largest absolute Gasteiger partial charge is 0.325 e. The molecular weight excluding hydrogens is 303 g/mol. The number of rotatable bonds is 3. The molecule has 0 unspecified atom stereocenters. The fraction of sp³-hybridized carbons (Fsp3) is 0.125. The number of hydrogen-bond acceptors (Lipinski definition) is 3. The van der Waals surface area contributed by atoms with E-state index in [0.29, 0.717) is 10.7 Å². The molecule has 0 aliphatic rings. The zero-order valence-corrected chi connectivity index (χ0v) is 12.7. The maximum atomic E-state index is 13.2. The van der Waals surface area contributed by atoms with Crippen LogP contribution in [0.2, 0.25) is 5.02 Å². The molecule has 0 atom stereocenters. The van der Waals surface area contributed by atoms with Crippen LogP contribution < -0.4 is 5.73 Å². The van der Waals surface area contributed by atoms with Crippen LogP contribution in [-0.4, -0.2) is 15.0 Å². The van der Waals surface area contributed by atoms with Crippen LogP contribution >= 0.6 is 11.6 Å². The van der Waals surface area contributed by atoms with Gasteiger partial charge in [0.2, 0.25) is 0 Å². The molecule has 0 bridgehead atoms. The van der Waals surface area contributed by atoms with Crippen LogP contribution in [0, 0.1) is 12.7 Å². The first-order valence-corrected chi connectivity index (χ1v) is 7.15. The molecule has 2 N–H and O–H groups in total. The molecule has 0 aliphatic carbocycles. The van der Waals surface area contributed by atoms with Gasteiger partial charge in [-0.3, -0.25) is 0 Å². The number of nitrogens with two attached hydrogens (primary N) is 1. The van der Waals surface area contributed by atoms with Crippen molar-refractivity contribution in [2.24, 2.45) is 5.73 Å².